The highest BCUT2D eigenvalue weighted by Crippen LogP contribution is 2.25. The summed E-state index contributed by atoms with van der Waals surface area (Å²) in [4.78, 5) is 12.8. The van der Waals surface area contributed by atoms with Crippen molar-refractivity contribution in [1.82, 2.24) is 0 Å². The molecule has 0 amide bonds. The maximum absolute atomic E-state index is 12.1. The van der Waals surface area contributed by atoms with E-state index >= 15 is 0 Å². The van der Waals surface area contributed by atoms with Gasteiger partial charge in [-0.2, -0.15) is 0 Å². The van der Waals surface area contributed by atoms with Gasteiger partial charge in [0, 0.05) is 11.0 Å². The Morgan fingerprint density at radius 3 is 2.48 bits per heavy atom. The van der Waals surface area contributed by atoms with E-state index in [4.69, 9.17) is 16.3 Å². The molecular weight excluding hydrogens is 328 g/mol. The van der Waals surface area contributed by atoms with Gasteiger partial charge in [0.05, 0.1) is 10.6 Å². The van der Waals surface area contributed by atoms with Gasteiger partial charge in [0.1, 0.15) is 5.75 Å². The van der Waals surface area contributed by atoms with E-state index in [1.165, 1.54) is 31.2 Å². The third-order valence-electron chi connectivity index (χ3n) is 3.64. The Labute approximate surface area is 148 Å². The number of ether oxygens (including phenoxy) is 1. The first kappa shape index (κ1) is 17.9. The number of aryl methyl sites for hydroxylation is 1. The number of carbonyl (C=O) groups excluding carboxylic acids is 1. The summed E-state index contributed by atoms with van der Waals surface area (Å²) in [6, 6.07) is 12.6. The molecule has 0 aliphatic carbocycles. The Hall–Kier alpha value is -1.45. The molecule has 2 rings (SSSR count). The van der Waals surface area contributed by atoms with Crippen molar-refractivity contribution in [3.8, 4) is 5.75 Å². The standard InChI is InChI=1S/C19H21ClO2S/c1-2-3-4-5-6-14-7-9-15(10-8-14)19(21)22-16-11-12-18(23)17(20)13-16/h7-13,23H,2-6H2,1H3. The van der Waals surface area contributed by atoms with Crippen LogP contribution in [0.5, 0.6) is 5.75 Å². The van der Waals surface area contributed by atoms with Crippen LogP contribution in [0.2, 0.25) is 5.02 Å². The Morgan fingerprint density at radius 2 is 1.83 bits per heavy atom. The van der Waals surface area contributed by atoms with Gasteiger partial charge in [-0.25, -0.2) is 4.79 Å². The van der Waals surface area contributed by atoms with Gasteiger partial charge in [-0.1, -0.05) is 49.9 Å². The van der Waals surface area contributed by atoms with E-state index in [1.807, 2.05) is 24.3 Å². The van der Waals surface area contributed by atoms with E-state index < -0.39 is 0 Å². The fourth-order valence-corrected chi connectivity index (χ4v) is 2.59. The molecule has 0 aliphatic heterocycles. The molecule has 0 N–H and O–H groups in total. The molecule has 122 valence electrons. The Morgan fingerprint density at radius 1 is 1.09 bits per heavy atom. The minimum Gasteiger partial charge on any atom is -0.423 e. The van der Waals surface area contributed by atoms with Crippen LogP contribution in [0, 0.1) is 0 Å². The molecule has 2 aromatic carbocycles. The lowest BCUT2D eigenvalue weighted by Crippen LogP contribution is -2.08. The van der Waals surface area contributed by atoms with Gasteiger partial charge in [-0.05, 0) is 42.7 Å². The van der Waals surface area contributed by atoms with Gasteiger partial charge in [0.15, 0.2) is 0 Å². The second kappa shape index (κ2) is 8.99. The molecule has 0 aromatic heterocycles. The summed E-state index contributed by atoms with van der Waals surface area (Å²) in [5.74, 6) is 0.0342. The molecule has 0 bridgehead atoms. The Bertz CT molecular complexity index is 653. The first-order valence-corrected chi connectivity index (χ1v) is 8.72. The lowest BCUT2D eigenvalue weighted by Gasteiger charge is -2.07. The molecule has 23 heavy (non-hydrogen) atoms. The average molecular weight is 349 g/mol. The van der Waals surface area contributed by atoms with Crippen molar-refractivity contribution in [2.24, 2.45) is 0 Å². The molecule has 4 heteroatoms. The lowest BCUT2D eigenvalue weighted by atomic mass is 10.0. The predicted molar refractivity (Wildman–Crippen MR) is 98.0 cm³/mol. The molecule has 0 saturated carbocycles. The topological polar surface area (TPSA) is 26.3 Å². The number of carbonyl (C=O) groups is 1. The van der Waals surface area contributed by atoms with E-state index in [9.17, 15) is 4.79 Å². The molecule has 0 fully saturated rings. The predicted octanol–water partition coefficient (Wildman–Crippen LogP) is 5.97. The van der Waals surface area contributed by atoms with Crippen molar-refractivity contribution in [3.63, 3.8) is 0 Å². The molecule has 0 spiro atoms. The number of hydrogen-bond donors (Lipinski definition) is 1. The van der Waals surface area contributed by atoms with E-state index in [0.29, 0.717) is 21.2 Å². The van der Waals surface area contributed by atoms with Gasteiger partial charge in [0.2, 0.25) is 0 Å². The van der Waals surface area contributed by atoms with Crippen LogP contribution in [0.15, 0.2) is 47.4 Å². The molecule has 2 aromatic rings. The highest BCUT2D eigenvalue weighted by molar-refractivity contribution is 7.80. The monoisotopic (exact) mass is 348 g/mol. The van der Waals surface area contributed by atoms with E-state index in [1.54, 1.807) is 18.2 Å². The van der Waals surface area contributed by atoms with Crippen LogP contribution in [0.25, 0.3) is 0 Å². The van der Waals surface area contributed by atoms with Crippen LogP contribution in [-0.4, -0.2) is 5.97 Å². The van der Waals surface area contributed by atoms with Gasteiger partial charge in [-0.15, -0.1) is 12.6 Å². The van der Waals surface area contributed by atoms with Crippen molar-refractivity contribution in [2.45, 2.75) is 43.9 Å². The van der Waals surface area contributed by atoms with E-state index in [-0.39, 0.29) is 5.97 Å². The van der Waals surface area contributed by atoms with Crippen molar-refractivity contribution < 1.29 is 9.53 Å². The van der Waals surface area contributed by atoms with Crippen LogP contribution in [0.3, 0.4) is 0 Å². The van der Waals surface area contributed by atoms with Crippen molar-refractivity contribution >= 4 is 30.2 Å². The van der Waals surface area contributed by atoms with Crippen molar-refractivity contribution in [2.75, 3.05) is 0 Å². The highest BCUT2D eigenvalue weighted by Gasteiger charge is 2.09. The number of hydrogen-bond acceptors (Lipinski definition) is 3. The highest BCUT2D eigenvalue weighted by atomic mass is 35.5. The number of esters is 1. The summed E-state index contributed by atoms with van der Waals surface area (Å²) >= 11 is 10.2. The van der Waals surface area contributed by atoms with Crippen LogP contribution in [0.4, 0.5) is 0 Å². The smallest absolute Gasteiger partial charge is 0.343 e. The average Bonchev–Trinajstić information content (AvgIpc) is 2.55. The van der Waals surface area contributed by atoms with Crippen LogP contribution in [0.1, 0.15) is 48.5 Å². The molecular formula is C19H21ClO2S. The van der Waals surface area contributed by atoms with Gasteiger partial charge < -0.3 is 4.74 Å². The number of unbranched alkanes of at least 4 members (excludes halogenated alkanes) is 3. The normalized spacial score (nSPS) is 10.6. The maximum atomic E-state index is 12.1. The molecule has 0 saturated heterocycles. The lowest BCUT2D eigenvalue weighted by molar-refractivity contribution is 0.0734. The Kier molecular flexibility index (Phi) is 7.00. The van der Waals surface area contributed by atoms with Crippen LogP contribution < -0.4 is 4.74 Å². The zero-order chi connectivity index (χ0) is 16.7. The van der Waals surface area contributed by atoms with Crippen molar-refractivity contribution in [3.05, 3.63) is 58.6 Å². The second-order valence-electron chi connectivity index (χ2n) is 5.51. The summed E-state index contributed by atoms with van der Waals surface area (Å²) in [7, 11) is 0. The largest absolute Gasteiger partial charge is 0.423 e. The summed E-state index contributed by atoms with van der Waals surface area (Å²) < 4.78 is 5.33. The fourth-order valence-electron chi connectivity index (χ4n) is 2.28. The molecule has 0 atom stereocenters. The number of benzene rings is 2. The summed E-state index contributed by atoms with van der Waals surface area (Å²) in [5, 5.41) is 0.459. The quantitative estimate of drug-likeness (QED) is 0.289. The summed E-state index contributed by atoms with van der Waals surface area (Å²) in [6.45, 7) is 2.21. The second-order valence-corrected chi connectivity index (χ2v) is 6.40. The van der Waals surface area contributed by atoms with E-state index in [0.717, 1.165) is 6.42 Å². The number of rotatable bonds is 7. The third-order valence-corrected chi connectivity index (χ3v) is 4.47. The first-order valence-electron chi connectivity index (χ1n) is 7.90. The molecule has 2 nitrogen and oxygen atoms in total. The SMILES string of the molecule is CCCCCCc1ccc(C(=O)Oc2ccc(S)c(Cl)c2)cc1. The molecule has 0 aliphatic rings. The van der Waals surface area contributed by atoms with Crippen LogP contribution in [-0.2, 0) is 6.42 Å². The molecule has 0 unspecified atom stereocenters. The minimum absolute atomic E-state index is 0.384. The molecule has 0 radical (unpaired) electrons. The van der Waals surface area contributed by atoms with Crippen molar-refractivity contribution in [1.29, 1.82) is 0 Å². The number of thiol groups is 1. The third kappa shape index (κ3) is 5.60. The number of halogens is 1. The first-order chi connectivity index (χ1) is 11.1. The molecule has 0 heterocycles. The summed E-state index contributed by atoms with van der Waals surface area (Å²) in [5.41, 5.74) is 1.79. The Balaban J connectivity index is 1.93. The minimum atomic E-state index is -0.384. The van der Waals surface area contributed by atoms with Gasteiger partial charge in [0.25, 0.3) is 0 Å². The van der Waals surface area contributed by atoms with Crippen LogP contribution >= 0.6 is 24.2 Å². The van der Waals surface area contributed by atoms with E-state index in [2.05, 4.69) is 19.6 Å². The van der Waals surface area contributed by atoms with Gasteiger partial charge >= 0.3 is 5.97 Å². The fraction of sp³-hybridized carbons (Fsp3) is 0.316. The summed E-state index contributed by atoms with van der Waals surface area (Å²) in [6.07, 6.45) is 6.00. The zero-order valence-electron chi connectivity index (χ0n) is 13.2. The zero-order valence-corrected chi connectivity index (χ0v) is 14.9. The van der Waals surface area contributed by atoms with Gasteiger partial charge in [-0.3, -0.25) is 0 Å². The maximum Gasteiger partial charge on any atom is 0.343 e.